The van der Waals surface area contributed by atoms with Gasteiger partial charge in [0.05, 0.1) is 5.38 Å². The van der Waals surface area contributed by atoms with Crippen molar-refractivity contribution in [3.63, 3.8) is 0 Å². The molecule has 0 aromatic heterocycles. The lowest BCUT2D eigenvalue weighted by molar-refractivity contribution is 0.590. The third-order valence-corrected chi connectivity index (χ3v) is 4.45. The Balaban J connectivity index is 2.37. The van der Waals surface area contributed by atoms with Crippen LogP contribution in [0.15, 0.2) is 42.5 Å². The fraction of sp³-hybridized carbons (Fsp3) is 0.294. The SMILES string of the molecule is CC(C)(C)c1ccc(C(Cl)c2c(Cl)cccc2Cl)cc1. The number of rotatable bonds is 2. The number of halogens is 3. The highest BCUT2D eigenvalue weighted by Crippen LogP contribution is 2.38. The molecule has 106 valence electrons. The molecule has 2 aromatic rings. The molecule has 0 spiro atoms. The molecule has 0 aliphatic rings. The van der Waals surface area contributed by atoms with Crippen molar-refractivity contribution >= 4 is 34.8 Å². The third-order valence-electron chi connectivity index (χ3n) is 3.32. The van der Waals surface area contributed by atoms with E-state index in [1.54, 1.807) is 0 Å². The summed E-state index contributed by atoms with van der Waals surface area (Å²) in [6.07, 6.45) is 0. The van der Waals surface area contributed by atoms with Crippen molar-refractivity contribution in [1.82, 2.24) is 0 Å². The van der Waals surface area contributed by atoms with Gasteiger partial charge in [-0.25, -0.2) is 0 Å². The average Bonchev–Trinajstić information content (AvgIpc) is 2.37. The molecule has 0 bridgehead atoms. The first kappa shape index (κ1) is 15.7. The quantitative estimate of drug-likeness (QED) is 0.544. The maximum atomic E-state index is 6.54. The van der Waals surface area contributed by atoms with E-state index in [0.29, 0.717) is 10.0 Å². The topological polar surface area (TPSA) is 0 Å². The van der Waals surface area contributed by atoms with Crippen LogP contribution in [0.2, 0.25) is 10.0 Å². The van der Waals surface area contributed by atoms with Crippen LogP contribution in [-0.2, 0) is 5.41 Å². The molecule has 20 heavy (non-hydrogen) atoms. The van der Waals surface area contributed by atoms with Crippen LogP contribution in [0.3, 0.4) is 0 Å². The Morgan fingerprint density at radius 3 is 1.80 bits per heavy atom. The summed E-state index contributed by atoms with van der Waals surface area (Å²) in [4.78, 5) is 0. The summed E-state index contributed by atoms with van der Waals surface area (Å²) in [5.74, 6) is 0. The lowest BCUT2D eigenvalue weighted by Crippen LogP contribution is -2.10. The Bertz CT molecular complexity index is 574. The third kappa shape index (κ3) is 3.31. The lowest BCUT2D eigenvalue weighted by Gasteiger charge is -2.20. The summed E-state index contributed by atoms with van der Waals surface area (Å²) in [6, 6.07) is 13.7. The molecule has 0 aliphatic heterocycles. The number of benzene rings is 2. The van der Waals surface area contributed by atoms with Gasteiger partial charge >= 0.3 is 0 Å². The van der Waals surface area contributed by atoms with Crippen LogP contribution in [0.4, 0.5) is 0 Å². The molecule has 0 heterocycles. The molecule has 0 fully saturated rings. The molecule has 0 radical (unpaired) electrons. The highest BCUT2D eigenvalue weighted by atomic mass is 35.5. The van der Waals surface area contributed by atoms with Gasteiger partial charge in [0.25, 0.3) is 0 Å². The molecule has 0 saturated carbocycles. The maximum absolute atomic E-state index is 6.54. The first-order chi connectivity index (χ1) is 9.30. The van der Waals surface area contributed by atoms with Crippen LogP contribution >= 0.6 is 34.8 Å². The molecule has 1 unspecified atom stereocenters. The van der Waals surface area contributed by atoms with Crippen LogP contribution in [0, 0.1) is 0 Å². The van der Waals surface area contributed by atoms with Crippen molar-refractivity contribution in [2.24, 2.45) is 0 Å². The summed E-state index contributed by atoms with van der Waals surface area (Å²) in [5.41, 5.74) is 3.16. The van der Waals surface area contributed by atoms with Crippen LogP contribution < -0.4 is 0 Å². The van der Waals surface area contributed by atoms with E-state index in [4.69, 9.17) is 34.8 Å². The minimum atomic E-state index is -0.342. The van der Waals surface area contributed by atoms with E-state index < -0.39 is 0 Å². The van der Waals surface area contributed by atoms with E-state index >= 15 is 0 Å². The normalized spacial score (nSPS) is 13.3. The molecule has 0 N–H and O–H groups in total. The van der Waals surface area contributed by atoms with E-state index in [-0.39, 0.29) is 10.8 Å². The molecular formula is C17H17Cl3. The van der Waals surface area contributed by atoms with Crippen LogP contribution in [0.5, 0.6) is 0 Å². The summed E-state index contributed by atoms with van der Waals surface area (Å²) in [7, 11) is 0. The molecule has 2 rings (SSSR count). The molecule has 0 saturated heterocycles. The smallest absolute Gasteiger partial charge is 0.0864 e. The monoisotopic (exact) mass is 326 g/mol. The van der Waals surface area contributed by atoms with Crippen LogP contribution in [0.25, 0.3) is 0 Å². The van der Waals surface area contributed by atoms with Crippen molar-refractivity contribution in [1.29, 1.82) is 0 Å². The molecule has 2 aromatic carbocycles. The standard InChI is InChI=1S/C17H17Cl3/c1-17(2,3)12-9-7-11(8-10-12)16(20)15-13(18)5-4-6-14(15)19/h4-10,16H,1-3H3. The highest BCUT2D eigenvalue weighted by molar-refractivity contribution is 6.38. The largest absolute Gasteiger partial charge is 0.112 e. The zero-order valence-electron chi connectivity index (χ0n) is 11.8. The van der Waals surface area contributed by atoms with E-state index in [1.807, 2.05) is 30.3 Å². The lowest BCUT2D eigenvalue weighted by atomic mass is 9.86. The van der Waals surface area contributed by atoms with Gasteiger partial charge in [0.1, 0.15) is 0 Å². The second kappa shape index (κ2) is 5.97. The number of hydrogen-bond acceptors (Lipinski definition) is 0. The molecule has 0 amide bonds. The summed E-state index contributed by atoms with van der Waals surface area (Å²) in [5, 5.41) is 0.847. The van der Waals surface area contributed by atoms with Gasteiger partial charge in [-0.1, -0.05) is 74.3 Å². The van der Waals surface area contributed by atoms with Gasteiger partial charge in [-0.2, -0.15) is 0 Å². The number of alkyl halides is 1. The minimum absolute atomic E-state index is 0.127. The zero-order chi connectivity index (χ0) is 14.9. The van der Waals surface area contributed by atoms with Crippen molar-refractivity contribution < 1.29 is 0 Å². The minimum Gasteiger partial charge on any atom is -0.112 e. The zero-order valence-corrected chi connectivity index (χ0v) is 14.0. The van der Waals surface area contributed by atoms with Gasteiger partial charge < -0.3 is 0 Å². The van der Waals surface area contributed by atoms with Crippen molar-refractivity contribution in [2.45, 2.75) is 31.6 Å². The van der Waals surface area contributed by atoms with Crippen molar-refractivity contribution in [3.8, 4) is 0 Å². The van der Waals surface area contributed by atoms with Gasteiger partial charge in [-0.05, 0) is 28.7 Å². The Labute approximate surface area is 135 Å². The Hall–Kier alpha value is -0.690. The fourth-order valence-electron chi connectivity index (χ4n) is 2.07. The van der Waals surface area contributed by atoms with E-state index in [2.05, 4.69) is 32.9 Å². The van der Waals surface area contributed by atoms with Gasteiger partial charge in [-0.15, -0.1) is 11.6 Å². The van der Waals surface area contributed by atoms with E-state index in [1.165, 1.54) is 5.56 Å². The molecule has 0 nitrogen and oxygen atoms in total. The average molecular weight is 328 g/mol. The number of hydrogen-bond donors (Lipinski definition) is 0. The Kier molecular flexibility index (Phi) is 4.69. The predicted octanol–water partition coefficient (Wildman–Crippen LogP) is 6.62. The van der Waals surface area contributed by atoms with Gasteiger partial charge in [0.2, 0.25) is 0 Å². The molecule has 3 heteroatoms. The first-order valence-electron chi connectivity index (χ1n) is 6.49. The van der Waals surface area contributed by atoms with Crippen LogP contribution in [-0.4, -0.2) is 0 Å². The highest BCUT2D eigenvalue weighted by Gasteiger charge is 2.19. The van der Waals surface area contributed by atoms with Gasteiger partial charge in [0.15, 0.2) is 0 Å². The molecular weight excluding hydrogens is 311 g/mol. The van der Waals surface area contributed by atoms with E-state index in [9.17, 15) is 0 Å². The second-order valence-electron chi connectivity index (χ2n) is 5.87. The van der Waals surface area contributed by atoms with E-state index in [0.717, 1.165) is 11.1 Å². The van der Waals surface area contributed by atoms with Gasteiger partial charge in [0, 0.05) is 15.6 Å². The Morgan fingerprint density at radius 2 is 1.35 bits per heavy atom. The summed E-state index contributed by atoms with van der Waals surface area (Å²) in [6.45, 7) is 6.56. The fourth-order valence-corrected chi connectivity index (χ4v) is 3.18. The molecule has 0 aliphatic carbocycles. The first-order valence-corrected chi connectivity index (χ1v) is 7.68. The van der Waals surface area contributed by atoms with Crippen molar-refractivity contribution in [2.75, 3.05) is 0 Å². The van der Waals surface area contributed by atoms with Crippen molar-refractivity contribution in [3.05, 3.63) is 69.2 Å². The van der Waals surface area contributed by atoms with Gasteiger partial charge in [-0.3, -0.25) is 0 Å². The maximum Gasteiger partial charge on any atom is 0.0864 e. The summed E-state index contributed by atoms with van der Waals surface area (Å²) >= 11 is 19.0. The second-order valence-corrected chi connectivity index (χ2v) is 7.12. The Morgan fingerprint density at radius 1 is 0.850 bits per heavy atom. The predicted molar refractivity (Wildman–Crippen MR) is 89.3 cm³/mol. The summed E-state index contributed by atoms with van der Waals surface area (Å²) < 4.78 is 0. The molecule has 1 atom stereocenters. The van der Waals surface area contributed by atoms with Crippen LogP contribution in [0.1, 0.15) is 42.8 Å².